The highest BCUT2D eigenvalue weighted by Crippen LogP contribution is 2.39. The molecule has 0 spiro atoms. The molecule has 4 aromatic carbocycles. The van der Waals surface area contributed by atoms with Gasteiger partial charge in [0.25, 0.3) is 0 Å². The van der Waals surface area contributed by atoms with Crippen LogP contribution < -0.4 is 18.9 Å². The van der Waals surface area contributed by atoms with Gasteiger partial charge in [-0.05, 0) is 120 Å². The Labute approximate surface area is 481 Å². The van der Waals surface area contributed by atoms with Crippen LogP contribution in [0.25, 0.3) is 12.2 Å². The standard InChI is InChI=1S/C31H37FO10.C31H35FO9/c1-19(33)14-15-23(32)27(40-30(36)20-10-7-6-8-11-20)28-24(41-31(2,3)42-28)13-9-12-21-16-22(38-5)17-25(39-18-37-4)26(21)29(34)35;1-19-14-15-23(32)27(39-29(33)20-10-7-6-8-11-20)28-24(40-31(2,3)41-28)13-9-12-21-16-22(36-5)17-25(37-18-35-4)26(21)30(34)38-19/h6-12,15-17,19,24,27-28,33H,13-14,18H2,1-5H3,(H,34,35);6-12,15-17,19,24,27-28H,13-14,18H2,1-5H3/b2*12-9+,23-15+/t2*19?,24-,27?,28?/m00/s1. The smallest absolute Gasteiger partial charge is 0.342 e. The van der Waals surface area contributed by atoms with E-state index in [1.165, 1.54) is 53.6 Å². The maximum atomic E-state index is 15.8. The maximum Gasteiger partial charge on any atom is 0.342 e. The number of hydrogen-bond acceptors (Lipinski definition) is 18. The Morgan fingerprint density at radius 2 is 1.40 bits per heavy atom. The van der Waals surface area contributed by atoms with Crippen LogP contribution in [0.5, 0.6) is 23.0 Å². The van der Waals surface area contributed by atoms with Gasteiger partial charge in [-0.25, -0.2) is 28.0 Å². The molecule has 0 radical (unpaired) electrons. The highest BCUT2D eigenvalue weighted by molar-refractivity contribution is 5.97. The van der Waals surface area contributed by atoms with E-state index >= 15 is 8.78 Å². The van der Waals surface area contributed by atoms with Crippen LogP contribution in [0.4, 0.5) is 8.78 Å². The van der Waals surface area contributed by atoms with Crippen molar-refractivity contribution in [3.05, 3.63) is 154 Å². The molecule has 0 bridgehead atoms. The molecular weight excluding hydrogens is 1090 g/mol. The summed E-state index contributed by atoms with van der Waals surface area (Å²) < 4.78 is 104. The highest BCUT2D eigenvalue weighted by atomic mass is 19.1. The predicted molar refractivity (Wildman–Crippen MR) is 298 cm³/mol. The quantitative estimate of drug-likeness (QED) is 0.0476. The van der Waals surface area contributed by atoms with Gasteiger partial charge in [-0.2, -0.15) is 0 Å². The van der Waals surface area contributed by atoms with Crippen LogP contribution in [0.15, 0.2) is 121 Å². The van der Waals surface area contributed by atoms with Gasteiger partial charge in [-0.15, -0.1) is 0 Å². The largest absolute Gasteiger partial charge is 0.497 e. The van der Waals surface area contributed by atoms with Crippen molar-refractivity contribution in [2.75, 3.05) is 42.0 Å². The number of aliphatic hydroxyl groups is 1. The third-order valence-electron chi connectivity index (χ3n) is 12.8. The third-order valence-corrected chi connectivity index (χ3v) is 12.8. The molecule has 3 aliphatic heterocycles. The fourth-order valence-electron chi connectivity index (χ4n) is 9.06. The summed E-state index contributed by atoms with van der Waals surface area (Å²) in [6.45, 7) is 9.60. The van der Waals surface area contributed by atoms with Crippen LogP contribution in [-0.4, -0.2) is 137 Å². The summed E-state index contributed by atoms with van der Waals surface area (Å²) in [5.74, 6) is -5.98. The summed E-state index contributed by atoms with van der Waals surface area (Å²) >= 11 is 0. The summed E-state index contributed by atoms with van der Waals surface area (Å²) in [5.41, 5.74) is 1.33. The molecule has 6 unspecified atom stereocenters. The third kappa shape index (κ3) is 18.2. The fourth-order valence-corrected chi connectivity index (χ4v) is 9.06. The molecule has 8 atom stereocenters. The van der Waals surface area contributed by atoms with Gasteiger partial charge < -0.3 is 71.8 Å². The second-order valence-electron chi connectivity index (χ2n) is 20.2. The van der Waals surface area contributed by atoms with Gasteiger partial charge in [-0.3, -0.25) is 0 Å². The number of carboxylic acids is 1. The Kier molecular flexibility index (Phi) is 23.5. The van der Waals surface area contributed by atoms with E-state index in [2.05, 4.69) is 0 Å². The minimum atomic E-state index is -1.47. The number of aromatic carboxylic acids is 1. The summed E-state index contributed by atoms with van der Waals surface area (Å²) in [4.78, 5) is 51.3. The van der Waals surface area contributed by atoms with Gasteiger partial charge >= 0.3 is 23.9 Å². The molecule has 3 heterocycles. The molecule has 0 aliphatic carbocycles. The zero-order chi connectivity index (χ0) is 60.4. The molecule has 2 saturated heterocycles. The monoisotopic (exact) mass is 1160 g/mol. The average Bonchev–Trinajstić information content (AvgIpc) is 3.80. The van der Waals surface area contributed by atoms with E-state index in [9.17, 15) is 29.4 Å². The average molecular weight is 1160 g/mol. The van der Waals surface area contributed by atoms with Gasteiger partial charge in [-0.1, -0.05) is 60.7 Å². The van der Waals surface area contributed by atoms with Gasteiger partial charge in [0.1, 0.15) is 64.1 Å². The summed E-state index contributed by atoms with van der Waals surface area (Å²) in [6, 6.07) is 22.7. The number of fused-ring (bicyclic) bond motifs is 2. The molecule has 83 heavy (non-hydrogen) atoms. The van der Waals surface area contributed by atoms with Crippen molar-refractivity contribution < 1.29 is 99.8 Å². The number of methoxy groups -OCH3 is 4. The zero-order valence-corrected chi connectivity index (χ0v) is 48.0. The second kappa shape index (κ2) is 30.2. The molecule has 448 valence electrons. The van der Waals surface area contributed by atoms with Crippen LogP contribution in [0.1, 0.15) is 120 Å². The number of carbonyl (C=O) groups excluding carboxylic acids is 3. The molecule has 0 amide bonds. The van der Waals surface area contributed by atoms with Crippen molar-refractivity contribution in [1.29, 1.82) is 0 Å². The first-order valence-electron chi connectivity index (χ1n) is 26.6. The van der Waals surface area contributed by atoms with Crippen molar-refractivity contribution in [3.8, 4) is 23.0 Å². The molecular formula is C62H72F2O19. The highest BCUT2D eigenvalue weighted by Gasteiger charge is 2.49. The van der Waals surface area contributed by atoms with Crippen molar-refractivity contribution in [1.82, 2.24) is 0 Å². The van der Waals surface area contributed by atoms with E-state index in [0.29, 0.717) is 17.1 Å². The molecule has 0 aromatic heterocycles. The van der Waals surface area contributed by atoms with Crippen molar-refractivity contribution >= 4 is 36.0 Å². The molecule has 0 saturated carbocycles. The first kappa shape index (κ1) is 64.7. The molecule has 19 nitrogen and oxygen atoms in total. The van der Waals surface area contributed by atoms with Crippen LogP contribution in [0, 0.1) is 0 Å². The number of carbonyl (C=O) groups is 4. The Bertz CT molecular complexity index is 2960. The van der Waals surface area contributed by atoms with Gasteiger partial charge in [0.2, 0.25) is 0 Å². The number of carboxylic acid groups (broad SMARTS) is 1. The lowest BCUT2D eigenvalue weighted by atomic mass is 10.00. The number of rotatable bonds is 20. The van der Waals surface area contributed by atoms with E-state index in [1.807, 2.05) is 0 Å². The Hall–Kier alpha value is -7.50. The number of hydrogen-bond donors (Lipinski definition) is 2. The van der Waals surface area contributed by atoms with E-state index in [4.69, 9.17) is 61.6 Å². The Morgan fingerprint density at radius 1 is 0.795 bits per heavy atom. The molecule has 2 N–H and O–H groups in total. The minimum absolute atomic E-state index is 0.00591. The summed E-state index contributed by atoms with van der Waals surface area (Å²) in [5, 5.41) is 19.6. The van der Waals surface area contributed by atoms with Gasteiger partial charge in [0.05, 0.1) is 43.7 Å². The predicted octanol–water partition coefficient (Wildman–Crippen LogP) is 10.8. The normalized spacial score (nSPS) is 23.0. The van der Waals surface area contributed by atoms with Crippen LogP contribution in [0.3, 0.4) is 0 Å². The lowest BCUT2D eigenvalue weighted by Crippen LogP contribution is -2.39. The summed E-state index contributed by atoms with van der Waals surface area (Å²) in [6.07, 6.45) is 1.56. The number of halogens is 2. The molecule has 7 rings (SSSR count). The van der Waals surface area contributed by atoms with Crippen molar-refractivity contribution in [2.45, 2.75) is 128 Å². The zero-order valence-electron chi connectivity index (χ0n) is 48.0. The SMILES string of the molecule is COCOc1cc(OC)cc(/C=C/C[C@@H]2OC(C)(C)OC2C(OC(=O)c2ccccc2)/C(F)=C\CC(C)O)c1C(=O)O.COCOc1cc(OC)cc2c1C(=O)OC(C)C/C=C(/F)C(OC(=O)c1ccccc1)C1OC(C)(C)O[C@H]1C/C=C/2. The fraction of sp³-hybridized carbons (Fsp3) is 0.419. The minimum Gasteiger partial charge on any atom is -0.497 e. The van der Waals surface area contributed by atoms with E-state index < -0.39 is 95.9 Å². The topological polar surface area (TPSA) is 229 Å². The van der Waals surface area contributed by atoms with Crippen LogP contribution >= 0.6 is 0 Å². The number of cyclic esters (lactones) is 1. The first-order chi connectivity index (χ1) is 39.6. The van der Waals surface area contributed by atoms with Crippen molar-refractivity contribution in [2.24, 2.45) is 0 Å². The van der Waals surface area contributed by atoms with Gasteiger partial charge in [0, 0.05) is 32.8 Å². The lowest BCUT2D eigenvalue weighted by molar-refractivity contribution is -0.154. The van der Waals surface area contributed by atoms with Crippen molar-refractivity contribution in [3.63, 3.8) is 0 Å². The number of aliphatic hydroxyl groups excluding tert-OH is 1. The number of benzene rings is 4. The lowest BCUT2D eigenvalue weighted by Gasteiger charge is -2.26. The Balaban J connectivity index is 0.000000267. The number of esters is 3. The maximum absolute atomic E-state index is 15.8. The molecule has 2 fully saturated rings. The second-order valence-corrected chi connectivity index (χ2v) is 20.2. The number of ether oxygens (including phenoxy) is 13. The van der Waals surface area contributed by atoms with Gasteiger partial charge in [0.15, 0.2) is 37.4 Å². The first-order valence-corrected chi connectivity index (χ1v) is 26.6. The Morgan fingerprint density at radius 3 is 2.01 bits per heavy atom. The van der Waals surface area contributed by atoms with E-state index in [-0.39, 0.29) is 78.6 Å². The van der Waals surface area contributed by atoms with E-state index in [0.717, 1.165) is 6.08 Å². The van der Waals surface area contributed by atoms with Crippen LogP contribution in [0.2, 0.25) is 0 Å². The molecule has 21 heteroatoms. The van der Waals surface area contributed by atoms with E-state index in [1.54, 1.807) is 132 Å². The molecule has 3 aliphatic rings. The molecule has 4 aromatic rings. The van der Waals surface area contributed by atoms with Crippen LogP contribution in [-0.2, 0) is 42.6 Å². The summed E-state index contributed by atoms with van der Waals surface area (Å²) in [7, 11) is 5.82.